The SMILES string of the molecule is CCC(CC)C(O)C(O)CCC(C)(C)OC. The van der Waals surface area contributed by atoms with Crippen molar-refractivity contribution < 1.29 is 14.9 Å². The number of aliphatic hydroxyl groups is 2. The monoisotopic (exact) mass is 232 g/mol. The van der Waals surface area contributed by atoms with E-state index in [0.717, 1.165) is 19.3 Å². The van der Waals surface area contributed by atoms with Gasteiger partial charge in [0.05, 0.1) is 17.8 Å². The Hall–Kier alpha value is -0.120. The summed E-state index contributed by atoms with van der Waals surface area (Å²) in [6.07, 6.45) is 1.90. The Kier molecular flexibility index (Phi) is 7.20. The highest BCUT2D eigenvalue weighted by Crippen LogP contribution is 2.22. The highest BCUT2D eigenvalue weighted by molar-refractivity contribution is 4.78. The molecule has 0 fully saturated rings. The smallest absolute Gasteiger partial charge is 0.0826 e. The zero-order valence-corrected chi connectivity index (χ0v) is 11.4. The van der Waals surface area contributed by atoms with Crippen molar-refractivity contribution in [1.82, 2.24) is 0 Å². The van der Waals surface area contributed by atoms with E-state index in [4.69, 9.17) is 4.74 Å². The summed E-state index contributed by atoms with van der Waals surface area (Å²) in [6, 6.07) is 0. The highest BCUT2D eigenvalue weighted by atomic mass is 16.5. The van der Waals surface area contributed by atoms with Crippen LogP contribution in [0.3, 0.4) is 0 Å². The Morgan fingerprint density at radius 1 is 1.12 bits per heavy atom. The van der Waals surface area contributed by atoms with E-state index in [0.29, 0.717) is 6.42 Å². The van der Waals surface area contributed by atoms with E-state index in [1.165, 1.54) is 0 Å². The van der Waals surface area contributed by atoms with Crippen molar-refractivity contribution >= 4 is 0 Å². The average Bonchev–Trinajstić information content (AvgIpc) is 2.27. The van der Waals surface area contributed by atoms with Gasteiger partial charge in [-0.2, -0.15) is 0 Å². The van der Waals surface area contributed by atoms with Crippen LogP contribution in [0.2, 0.25) is 0 Å². The molecule has 3 nitrogen and oxygen atoms in total. The maximum atomic E-state index is 9.96. The van der Waals surface area contributed by atoms with Crippen LogP contribution in [0.5, 0.6) is 0 Å². The number of hydrogen-bond acceptors (Lipinski definition) is 3. The molecule has 0 aromatic carbocycles. The van der Waals surface area contributed by atoms with Gasteiger partial charge in [0.15, 0.2) is 0 Å². The van der Waals surface area contributed by atoms with E-state index in [1.54, 1.807) is 7.11 Å². The van der Waals surface area contributed by atoms with Crippen LogP contribution < -0.4 is 0 Å². The van der Waals surface area contributed by atoms with E-state index in [1.807, 2.05) is 27.7 Å². The predicted octanol–water partition coefficient (Wildman–Crippen LogP) is 2.35. The lowest BCUT2D eigenvalue weighted by molar-refractivity contribution is -0.0443. The third-order valence-electron chi connectivity index (χ3n) is 3.52. The van der Waals surface area contributed by atoms with Crippen LogP contribution in [0, 0.1) is 5.92 Å². The van der Waals surface area contributed by atoms with Gasteiger partial charge in [-0.05, 0) is 32.6 Å². The number of aliphatic hydroxyl groups excluding tert-OH is 2. The van der Waals surface area contributed by atoms with Crippen LogP contribution in [0.4, 0.5) is 0 Å². The quantitative estimate of drug-likeness (QED) is 0.675. The molecule has 98 valence electrons. The van der Waals surface area contributed by atoms with E-state index < -0.39 is 12.2 Å². The number of methoxy groups -OCH3 is 1. The Labute approximate surface area is 99.8 Å². The first-order chi connectivity index (χ1) is 7.37. The Bertz CT molecular complexity index is 176. The molecule has 0 saturated heterocycles. The van der Waals surface area contributed by atoms with Gasteiger partial charge < -0.3 is 14.9 Å². The molecule has 0 aliphatic rings. The summed E-state index contributed by atoms with van der Waals surface area (Å²) >= 11 is 0. The molecule has 0 aliphatic carbocycles. The minimum absolute atomic E-state index is 0.195. The topological polar surface area (TPSA) is 49.7 Å². The first-order valence-corrected chi connectivity index (χ1v) is 6.29. The maximum absolute atomic E-state index is 9.96. The second-order valence-electron chi connectivity index (χ2n) is 5.14. The van der Waals surface area contributed by atoms with E-state index in [-0.39, 0.29) is 11.5 Å². The molecule has 16 heavy (non-hydrogen) atoms. The largest absolute Gasteiger partial charge is 0.390 e. The van der Waals surface area contributed by atoms with Crippen LogP contribution in [0.15, 0.2) is 0 Å². The zero-order chi connectivity index (χ0) is 12.8. The predicted molar refractivity (Wildman–Crippen MR) is 66.4 cm³/mol. The molecule has 0 heterocycles. The van der Waals surface area contributed by atoms with Gasteiger partial charge in [0.2, 0.25) is 0 Å². The molecule has 0 bridgehead atoms. The lowest BCUT2D eigenvalue weighted by Gasteiger charge is -2.28. The minimum atomic E-state index is -0.640. The molecule has 3 heteroatoms. The first kappa shape index (κ1) is 15.9. The number of rotatable bonds is 8. The zero-order valence-electron chi connectivity index (χ0n) is 11.4. The molecule has 0 amide bonds. The normalized spacial score (nSPS) is 16.5. The summed E-state index contributed by atoms with van der Waals surface area (Å²) in [6.45, 7) is 8.07. The average molecular weight is 232 g/mol. The lowest BCUT2D eigenvalue weighted by atomic mass is 9.89. The van der Waals surface area contributed by atoms with Crippen LogP contribution in [0.25, 0.3) is 0 Å². The van der Waals surface area contributed by atoms with Crippen molar-refractivity contribution in [3.63, 3.8) is 0 Å². The fraction of sp³-hybridized carbons (Fsp3) is 1.00. The summed E-state index contributed by atoms with van der Waals surface area (Å²) in [5.41, 5.74) is -0.228. The van der Waals surface area contributed by atoms with Crippen molar-refractivity contribution in [3.8, 4) is 0 Å². The standard InChI is InChI=1S/C13H28O3/c1-6-10(7-2)12(15)11(14)8-9-13(3,4)16-5/h10-12,14-15H,6-9H2,1-5H3. The van der Waals surface area contributed by atoms with Gasteiger partial charge in [-0.25, -0.2) is 0 Å². The molecule has 2 unspecified atom stereocenters. The second kappa shape index (κ2) is 7.25. The van der Waals surface area contributed by atoms with Gasteiger partial charge in [0, 0.05) is 7.11 Å². The second-order valence-corrected chi connectivity index (χ2v) is 5.14. The van der Waals surface area contributed by atoms with Gasteiger partial charge in [0.1, 0.15) is 0 Å². The summed E-state index contributed by atoms with van der Waals surface area (Å²) < 4.78 is 5.29. The molecule has 0 aromatic rings. The molecule has 0 spiro atoms. The Morgan fingerprint density at radius 2 is 1.62 bits per heavy atom. The molecule has 2 N–H and O–H groups in total. The Balaban J connectivity index is 4.10. The van der Waals surface area contributed by atoms with E-state index in [9.17, 15) is 10.2 Å². The molecular formula is C13H28O3. The van der Waals surface area contributed by atoms with Crippen LogP contribution >= 0.6 is 0 Å². The van der Waals surface area contributed by atoms with Gasteiger partial charge >= 0.3 is 0 Å². The lowest BCUT2D eigenvalue weighted by Crippen LogP contribution is -2.35. The first-order valence-electron chi connectivity index (χ1n) is 6.29. The van der Waals surface area contributed by atoms with Gasteiger partial charge in [-0.1, -0.05) is 26.7 Å². The van der Waals surface area contributed by atoms with Crippen molar-refractivity contribution in [3.05, 3.63) is 0 Å². The summed E-state index contributed by atoms with van der Waals surface area (Å²) in [5, 5.41) is 19.9. The molecule has 2 atom stereocenters. The maximum Gasteiger partial charge on any atom is 0.0826 e. The van der Waals surface area contributed by atoms with Crippen molar-refractivity contribution in [2.24, 2.45) is 5.92 Å². The van der Waals surface area contributed by atoms with Gasteiger partial charge in [-0.3, -0.25) is 0 Å². The molecule has 0 rings (SSSR count). The van der Waals surface area contributed by atoms with Crippen LogP contribution in [-0.4, -0.2) is 35.1 Å². The van der Waals surface area contributed by atoms with Crippen molar-refractivity contribution in [2.75, 3.05) is 7.11 Å². The molecular weight excluding hydrogens is 204 g/mol. The van der Waals surface area contributed by atoms with E-state index in [2.05, 4.69) is 0 Å². The van der Waals surface area contributed by atoms with Crippen LogP contribution in [0.1, 0.15) is 53.4 Å². The number of hydrogen-bond donors (Lipinski definition) is 2. The minimum Gasteiger partial charge on any atom is -0.390 e. The third kappa shape index (κ3) is 5.28. The summed E-state index contributed by atoms with van der Waals surface area (Å²) in [5.74, 6) is 0.195. The third-order valence-corrected chi connectivity index (χ3v) is 3.52. The summed E-state index contributed by atoms with van der Waals surface area (Å²) in [7, 11) is 1.67. The fourth-order valence-electron chi connectivity index (χ4n) is 1.85. The molecule has 0 aromatic heterocycles. The summed E-state index contributed by atoms with van der Waals surface area (Å²) in [4.78, 5) is 0. The van der Waals surface area contributed by atoms with Gasteiger partial charge in [-0.15, -0.1) is 0 Å². The van der Waals surface area contributed by atoms with Crippen molar-refractivity contribution in [2.45, 2.75) is 71.2 Å². The van der Waals surface area contributed by atoms with Crippen LogP contribution in [-0.2, 0) is 4.74 Å². The molecule has 0 saturated carbocycles. The Morgan fingerprint density at radius 3 is 2.00 bits per heavy atom. The van der Waals surface area contributed by atoms with Crippen molar-refractivity contribution in [1.29, 1.82) is 0 Å². The molecule has 0 aliphatic heterocycles. The van der Waals surface area contributed by atoms with Gasteiger partial charge in [0.25, 0.3) is 0 Å². The molecule has 0 radical (unpaired) electrons. The highest BCUT2D eigenvalue weighted by Gasteiger charge is 2.26. The van der Waals surface area contributed by atoms with E-state index >= 15 is 0 Å². The number of ether oxygens (including phenoxy) is 1. The fourth-order valence-corrected chi connectivity index (χ4v) is 1.85.